The van der Waals surface area contributed by atoms with Crippen molar-refractivity contribution >= 4 is 17.7 Å². The second kappa shape index (κ2) is 9.46. The first kappa shape index (κ1) is 23.0. The van der Waals surface area contributed by atoms with Gasteiger partial charge in [0.15, 0.2) is 0 Å². The number of imide groups is 1. The second-order valence-electron chi connectivity index (χ2n) is 9.13. The summed E-state index contributed by atoms with van der Waals surface area (Å²) in [5.74, 6) is 0.0803. The SMILES string of the molecule is Cc1noc(C)c1CN1CCN(C(=O)c2ccc3c(c2)C(=O)N(CCc2ccccc2)C3=O)CC1. The Labute approximate surface area is 204 Å². The largest absolute Gasteiger partial charge is 0.361 e. The summed E-state index contributed by atoms with van der Waals surface area (Å²) in [6, 6.07) is 14.6. The third-order valence-corrected chi connectivity index (χ3v) is 6.91. The maximum absolute atomic E-state index is 13.2. The van der Waals surface area contributed by atoms with Crippen LogP contribution in [0.2, 0.25) is 0 Å². The molecule has 0 N–H and O–H groups in total. The number of aromatic nitrogens is 1. The van der Waals surface area contributed by atoms with Gasteiger partial charge in [0.25, 0.3) is 17.7 Å². The molecule has 1 aromatic heterocycles. The van der Waals surface area contributed by atoms with Gasteiger partial charge >= 0.3 is 0 Å². The molecule has 5 rings (SSSR count). The first-order valence-electron chi connectivity index (χ1n) is 11.9. The minimum atomic E-state index is -0.333. The predicted molar refractivity (Wildman–Crippen MR) is 129 cm³/mol. The minimum Gasteiger partial charge on any atom is -0.361 e. The van der Waals surface area contributed by atoms with Crippen molar-refractivity contribution in [2.75, 3.05) is 32.7 Å². The van der Waals surface area contributed by atoms with Crippen LogP contribution in [-0.2, 0) is 13.0 Å². The first-order chi connectivity index (χ1) is 16.9. The van der Waals surface area contributed by atoms with Crippen molar-refractivity contribution in [1.82, 2.24) is 19.9 Å². The van der Waals surface area contributed by atoms with Gasteiger partial charge in [0.1, 0.15) is 5.76 Å². The molecule has 0 saturated carbocycles. The fraction of sp³-hybridized carbons (Fsp3) is 0.333. The van der Waals surface area contributed by atoms with E-state index < -0.39 is 0 Å². The molecule has 35 heavy (non-hydrogen) atoms. The van der Waals surface area contributed by atoms with Crippen LogP contribution in [0.3, 0.4) is 0 Å². The summed E-state index contributed by atoms with van der Waals surface area (Å²) in [6.07, 6.45) is 0.594. The molecule has 1 saturated heterocycles. The number of aryl methyl sites for hydroxylation is 2. The standard InChI is InChI=1S/C27H28N4O4/c1-18-24(19(2)35-28-18)17-29-12-14-30(15-13-29)25(32)21-8-9-22-23(16-21)27(34)31(26(22)33)11-10-20-6-4-3-5-7-20/h3-9,16H,10-15,17H2,1-2H3. The monoisotopic (exact) mass is 472 g/mol. The van der Waals surface area contributed by atoms with Crippen LogP contribution in [0.5, 0.6) is 0 Å². The molecule has 8 heteroatoms. The molecule has 0 spiro atoms. The van der Waals surface area contributed by atoms with Gasteiger partial charge in [0, 0.05) is 50.4 Å². The maximum atomic E-state index is 13.2. The van der Waals surface area contributed by atoms with Crippen molar-refractivity contribution in [1.29, 1.82) is 0 Å². The van der Waals surface area contributed by atoms with Crippen LogP contribution < -0.4 is 0 Å². The number of amides is 3. The third kappa shape index (κ3) is 4.49. The van der Waals surface area contributed by atoms with Gasteiger partial charge in [-0.25, -0.2) is 0 Å². The highest BCUT2D eigenvalue weighted by atomic mass is 16.5. The lowest BCUT2D eigenvalue weighted by Crippen LogP contribution is -2.48. The Morgan fingerprint density at radius 2 is 1.66 bits per heavy atom. The van der Waals surface area contributed by atoms with Crippen LogP contribution in [-0.4, -0.2) is 70.3 Å². The number of nitrogens with zero attached hydrogens (tertiary/aromatic N) is 4. The summed E-state index contributed by atoms with van der Waals surface area (Å²) >= 11 is 0. The topological polar surface area (TPSA) is 87.0 Å². The molecule has 8 nitrogen and oxygen atoms in total. The zero-order chi connectivity index (χ0) is 24.5. The average molecular weight is 473 g/mol. The van der Waals surface area contributed by atoms with E-state index in [0.29, 0.717) is 42.7 Å². The van der Waals surface area contributed by atoms with Crippen molar-refractivity contribution in [2.45, 2.75) is 26.8 Å². The van der Waals surface area contributed by atoms with Crippen molar-refractivity contribution in [3.05, 3.63) is 87.8 Å². The normalized spacial score (nSPS) is 16.2. The van der Waals surface area contributed by atoms with E-state index in [1.54, 1.807) is 23.1 Å². The number of hydrogen-bond donors (Lipinski definition) is 0. The smallest absolute Gasteiger partial charge is 0.261 e. The molecule has 0 aliphatic carbocycles. The highest BCUT2D eigenvalue weighted by Crippen LogP contribution is 2.25. The fourth-order valence-electron chi connectivity index (χ4n) is 4.76. The molecule has 0 unspecified atom stereocenters. The van der Waals surface area contributed by atoms with E-state index in [1.807, 2.05) is 44.2 Å². The van der Waals surface area contributed by atoms with Gasteiger partial charge in [-0.05, 0) is 44.0 Å². The molecule has 3 amide bonds. The third-order valence-electron chi connectivity index (χ3n) is 6.91. The predicted octanol–water partition coefficient (Wildman–Crippen LogP) is 3.09. The number of hydrogen-bond acceptors (Lipinski definition) is 6. The van der Waals surface area contributed by atoms with Gasteiger partial charge in [-0.3, -0.25) is 24.2 Å². The van der Waals surface area contributed by atoms with Gasteiger partial charge in [-0.15, -0.1) is 0 Å². The quantitative estimate of drug-likeness (QED) is 0.513. The van der Waals surface area contributed by atoms with Crippen molar-refractivity contribution in [3.63, 3.8) is 0 Å². The van der Waals surface area contributed by atoms with Gasteiger partial charge in [-0.2, -0.15) is 0 Å². The molecule has 0 bridgehead atoms. The molecule has 2 aliphatic heterocycles. The number of piperazine rings is 1. The Balaban J connectivity index is 1.22. The fourth-order valence-corrected chi connectivity index (χ4v) is 4.76. The Morgan fingerprint density at radius 3 is 2.34 bits per heavy atom. The number of carbonyl (C=O) groups excluding carboxylic acids is 3. The summed E-state index contributed by atoms with van der Waals surface area (Å²) in [6.45, 7) is 7.58. The molecule has 3 heterocycles. The maximum Gasteiger partial charge on any atom is 0.261 e. The van der Waals surface area contributed by atoms with Crippen molar-refractivity contribution in [2.24, 2.45) is 0 Å². The Morgan fingerprint density at radius 1 is 0.943 bits per heavy atom. The van der Waals surface area contributed by atoms with Crippen molar-refractivity contribution in [3.8, 4) is 0 Å². The highest BCUT2D eigenvalue weighted by molar-refractivity contribution is 6.22. The summed E-state index contributed by atoms with van der Waals surface area (Å²) in [5, 5.41) is 4.02. The Kier molecular flexibility index (Phi) is 6.21. The highest BCUT2D eigenvalue weighted by Gasteiger charge is 2.36. The lowest BCUT2D eigenvalue weighted by atomic mass is 10.0. The molecular formula is C27H28N4O4. The molecule has 3 aromatic rings. The van der Waals surface area contributed by atoms with E-state index in [0.717, 1.165) is 42.2 Å². The molecule has 2 aromatic carbocycles. The number of fused-ring (bicyclic) bond motifs is 1. The van der Waals surface area contributed by atoms with Gasteiger partial charge < -0.3 is 9.42 Å². The molecule has 180 valence electrons. The molecule has 0 atom stereocenters. The lowest BCUT2D eigenvalue weighted by molar-refractivity contribution is 0.0626. The average Bonchev–Trinajstić information content (AvgIpc) is 3.33. The summed E-state index contributed by atoms with van der Waals surface area (Å²) in [5.41, 5.74) is 4.18. The molecule has 2 aliphatic rings. The first-order valence-corrected chi connectivity index (χ1v) is 11.9. The summed E-state index contributed by atoms with van der Waals surface area (Å²) in [7, 11) is 0. The van der Waals surface area contributed by atoms with Crippen LogP contribution in [0.15, 0.2) is 53.1 Å². The van der Waals surface area contributed by atoms with Gasteiger partial charge in [0.05, 0.1) is 16.8 Å². The van der Waals surface area contributed by atoms with Crippen LogP contribution in [0, 0.1) is 13.8 Å². The number of benzene rings is 2. The van der Waals surface area contributed by atoms with E-state index in [4.69, 9.17) is 4.52 Å². The minimum absolute atomic E-state index is 0.118. The summed E-state index contributed by atoms with van der Waals surface area (Å²) in [4.78, 5) is 44.4. The molecule has 0 radical (unpaired) electrons. The van der Waals surface area contributed by atoms with Crippen molar-refractivity contribution < 1.29 is 18.9 Å². The van der Waals surface area contributed by atoms with Gasteiger partial charge in [-0.1, -0.05) is 35.5 Å². The zero-order valence-electron chi connectivity index (χ0n) is 20.0. The number of rotatable bonds is 6. The zero-order valence-corrected chi connectivity index (χ0v) is 20.0. The molecule has 1 fully saturated rings. The Bertz CT molecular complexity index is 1260. The second-order valence-corrected chi connectivity index (χ2v) is 9.13. The van der Waals surface area contributed by atoms with E-state index in [9.17, 15) is 14.4 Å². The van der Waals surface area contributed by atoms with E-state index >= 15 is 0 Å². The van der Waals surface area contributed by atoms with Crippen LogP contribution in [0.25, 0.3) is 0 Å². The Hall–Kier alpha value is -3.78. The number of carbonyl (C=O) groups is 3. The van der Waals surface area contributed by atoms with E-state index in [1.165, 1.54) is 4.90 Å². The van der Waals surface area contributed by atoms with Crippen LogP contribution in [0.4, 0.5) is 0 Å². The van der Waals surface area contributed by atoms with Crippen LogP contribution >= 0.6 is 0 Å². The van der Waals surface area contributed by atoms with E-state index in [-0.39, 0.29) is 17.7 Å². The van der Waals surface area contributed by atoms with Gasteiger partial charge in [0.2, 0.25) is 0 Å². The molecular weight excluding hydrogens is 444 g/mol. The van der Waals surface area contributed by atoms with E-state index in [2.05, 4.69) is 10.1 Å². The summed E-state index contributed by atoms with van der Waals surface area (Å²) < 4.78 is 5.26. The van der Waals surface area contributed by atoms with Crippen LogP contribution in [0.1, 0.15) is 53.7 Å². The lowest BCUT2D eigenvalue weighted by Gasteiger charge is -2.34.